The molecule has 0 fully saturated rings. The molecule has 0 radical (unpaired) electrons. The average Bonchev–Trinajstić information content (AvgIpc) is 2.71. The standard InChI is InChI=1S/C22H23N3OS/c1-15(17-11-10-16-6-2-3-7-18(16)12-17)25-21(26)13-27-22-19-8-4-5-9-20(19)23-14-24-22/h4-5,8-12,14-15H,2-3,6-7,13H2,1H3,(H,25,26)/t15-/m1/s1. The van der Waals surface area contributed by atoms with Crippen LogP contribution in [0, 0.1) is 0 Å². The van der Waals surface area contributed by atoms with E-state index in [0.29, 0.717) is 5.75 Å². The Morgan fingerprint density at radius 2 is 1.93 bits per heavy atom. The number of thioether (sulfide) groups is 1. The van der Waals surface area contributed by atoms with E-state index in [-0.39, 0.29) is 11.9 Å². The van der Waals surface area contributed by atoms with Gasteiger partial charge in [0.25, 0.3) is 0 Å². The molecule has 0 aliphatic heterocycles. The van der Waals surface area contributed by atoms with E-state index in [4.69, 9.17) is 0 Å². The first kappa shape index (κ1) is 18.0. The Morgan fingerprint density at radius 3 is 2.81 bits per heavy atom. The number of aryl methyl sites for hydroxylation is 2. The molecule has 1 heterocycles. The number of carbonyl (C=O) groups is 1. The van der Waals surface area contributed by atoms with Crippen molar-refractivity contribution in [3.8, 4) is 0 Å². The summed E-state index contributed by atoms with van der Waals surface area (Å²) in [6, 6.07) is 14.5. The lowest BCUT2D eigenvalue weighted by molar-refractivity contribution is -0.119. The molecule has 3 aromatic rings. The second-order valence-corrected chi connectivity index (χ2v) is 7.97. The molecule has 5 heteroatoms. The molecule has 0 bridgehead atoms. The molecule has 1 aliphatic rings. The monoisotopic (exact) mass is 377 g/mol. The highest BCUT2D eigenvalue weighted by molar-refractivity contribution is 8.00. The van der Waals surface area contributed by atoms with E-state index in [1.54, 1.807) is 6.33 Å². The number of rotatable bonds is 5. The highest BCUT2D eigenvalue weighted by Crippen LogP contribution is 2.26. The van der Waals surface area contributed by atoms with E-state index < -0.39 is 0 Å². The van der Waals surface area contributed by atoms with E-state index in [0.717, 1.165) is 22.3 Å². The molecule has 4 nitrogen and oxygen atoms in total. The largest absolute Gasteiger partial charge is 0.349 e. The summed E-state index contributed by atoms with van der Waals surface area (Å²) in [7, 11) is 0. The predicted octanol–water partition coefficient (Wildman–Crippen LogP) is 4.48. The van der Waals surface area contributed by atoms with Gasteiger partial charge in [0.15, 0.2) is 0 Å². The Morgan fingerprint density at radius 1 is 1.11 bits per heavy atom. The Bertz CT molecular complexity index is 967. The molecule has 138 valence electrons. The first-order valence-corrected chi connectivity index (χ1v) is 10.4. The SMILES string of the molecule is C[C@@H](NC(=O)CSc1ncnc2ccccc12)c1ccc2c(c1)CCCC2. The molecule has 1 amide bonds. The van der Waals surface area contributed by atoms with Crippen LogP contribution >= 0.6 is 11.8 Å². The van der Waals surface area contributed by atoms with Crippen LogP contribution in [0.15, 0.2) is 53.8 Å². The maximum Gasteiger partial charge on any atom is 0.230 e. The van der Waals surface area contributed by atoms with Crippen molar-refractivity contribution in [1.82, 2.24) is 15.3 Å². The van der Waals surface area contributed by atoms with E-state index in [9.17, 15) is 4.79 Å². The van der Waals surface area contributed by atoms with Crippen LogP contribution in [0.1, 0.15) is 42.5 Å². The van der Waals surface area contributed by atoms with Gasteiger partial charge in [-0.2, -0.15) is 0 Å². The predicted molar refractivity (Wildman–Crippen MR) is 110 cm³/mol. The van der Waals surface area contributed by atoms with Crippen LogP contribution in [0.2, 0.25) is 0 Å². The van der Waals surface area contributed by atoms with Gasteiger partial charge >= 0.3 is 0 Å². The summed E-state index contributed by atoms with van der Waals surface area (Å²) >= 11 is 1.45. The number of nitrogens with one attached hydrogen (secondary N) is 1. The molecule has 0 spiro atoms. The first-order chi connectivity index (χ1) is 13.2. The molecule has 1 atom stereocenters. The van der Waals surface area contributed by atoms with E-state index >= 15 is 0 Å². The lowest BCUT2D eigenvalue weighted by atomic mass is 9.89. The average molecular weight is 378 g/mol. The van der Waals surface area contributed by atoms with Gasteiger partial charge in [-0.3, -0.25) is 4.79 Å². The van der Waals surface area contributed by atoms with E-state index in [1.165, 1.54) is 47.7 Å². The Balaban J connectivity index is 1.39. The summed E-state index contributed by atoms with van der Waals surface area (Å²) in [4.78, 5) is 21.1. The number of nitrogens with zero attached hydrogens (tertiary/aromatic N) is 2. The van der Waals surface area contributed by atoms with Crippen molar-refractivity contribution >= 4 is 28.6 Å². The summed E-state index contributed by atoms with van der Waals surface area (Å²) in [5.74, 6) is 0.365. The quantitative estimate of drug-likeness (QED) is 0.526. The smallest absolute Gasteiger partial charge is 0.230 e. The number of hydrogen-bond acceptors (Lipinski definition) is 4. The number of carbonyl (C=O) groups excluding carboxylic acids is 1. The third-order valence-electron chi connectivity index (χ3n) is 5.10. The fraction of sp³-hybridized carbons (Fsp3) is 0.318. The summed E-state index contributed by atoms with van der Waals surface area (Å²) in [5.41, 5.74) is 5.00. The van der Waals surface area contributed by atoms with Gasteiger partial charge in [-0.15, -0.1) is 0 Å². The highest BCUT2D eigenvalue weighted by Gasteiger charge is 2.15. The third-order valence-corrected chi connectivity index (χ3v) is 6.10. The molecular weight excluding hydrogens is 354 g/mol. The number of fused-ring (bicyclic) bond motifs is 2. The zero-order chi connectivity index (χ0) is 18.6. The second kappa shape index (κ2) is 8.09. The molecular formula is C22H23N3OS. The maximum atomic E-state index is 12.4. The topological polar surface area (TPSA) is 54.9 Å². The van der Waals surface area contributed by atoms with Crippen LogP contribution in [0.4, 0.5) is 0 Å². The number of amides is 1. The molecule has 0 saturated carbocycles. The van der Waals surface area contributed by atoms with Gasteiger partial charge < -0.3 is 5.32 Å². The molecule has 0 unspecified atom stereocenters. The minimum absolute atomic E-state index is 0.00692. The molecule has 4 rings (SSSR count). The second-order valence-electron chi connectivity index (χ2n) is 7.01. The van der Waals surface area contributed by atoms with Crippen molar-refractivity contribution in [2.75, 3.05) is 5.75 Å². The van der Waals surface area contributed by atoms with Crippen molar-refractivity contribution in [2.24, 2.45) is 0 Å². The molecule has 27 heavy (non-hydrogen) atoms. The van der Waals surface area contributed by atoms with Gasteiger partial charge in [0, 0.05) is 5.39 Å². The molecule has 2 aromatic carbocycles. The summed E-state index contributed by atoms with van der Waals surface area (Å²) in [6.07, 6.45) is 6.44. The van der Waals surface area contributed by atoms with Gasteiger partial charge in [-0.1, -0.05) is 48.2 Å². The van der Waals surface area contributed by atoms with Crippen LogP contribution < -0.4 is 5.32 Å². The summed E-state index contributed by atoms with van der Waals surface area (Å²) < 4.78 is 0. The number of aromatic nitrogens is 2. The van der Waals surface area contributed by atoms with Crippen molar-refractivity contribution in [3.05, 3.63) is 65.5 Å². The highest BCUT2D eigenvalue weighted by atomic mass is 32.2. The van der Waals surface area contributed by atoms with Gasteiger partial charge in [-0.25, -0.2) is 9.97 Å². The van der Waals surface area contributed by atoms with E-state index in [1.807, 2.05) is 31.2 Å². The van der Waals surface area contributed by atoms with Crippen molar-refractivity contribution < 1.29 is 4.79 Å². The van der Waals surface area contributed by atoms with Crippen LogP contribution in [0.3, 0.4) is 0 Å². The van der Waals surface area contributed by atoms with E-state index in [2.05, 4.69) is 33.5 Å². The fourth-order valence-electron chi connectivity index (χ4n) is 3.62. The molecule has 1 aromatic heterocycles. The summed E-state index contributed by atoms with van der Waals surface area (Å²) in [6.45, 7) is 2.05. The molecule has 1 N–H and O–H groups in total. The fourth-order valence-corrected chi connectivity index (χ4v) is 4.42. The minimum Gasteiger partial charge on any atom is -0.349 e. The van der Waals surface area contributed by atoms with Gasteiger partial charge in [0.2, 0.25) is 5.91 Å². The number of para-hydroxylation sites is 1. The summed E-state index contributed by atoms with van der Waals surface area (Å²) in [5, 5.41) is 4.95. The van der Waals surface area contributed by atoms with Crippen LogP contribution in [-0.2, 0) is 17.6 Å². The van der Waals surface area contributed by atoms with Crippen LogP contribution in [0.25, 0.3) is 10.9 Å². The Labute approximate surface area is 163 Å². The minimum atomic E-state index is 0.00692. The number of hydrogen-bond donors (Lipinski definition) is 1. The lowest BCUT2D eigenvalue weighted by Crippen LogP contribution is -2.28. The van der Waals surface area contributed by atoms with Gasteiger partial charge in [0.05, 0.1) is 17.3 Å². The van der Waals surface area contributed by atoms with Crippen molar-refractivity contribution in [2.45, 2.75) is 43.7 Å². The van der Waals surface area contributed by atoms with Gasteiger partial charge in [0.1, 0.15) is 11.4 Å². The normalized spacial score (nSPS) is 14.6. The number of benzene rings is 2. The molecule has 1 aliphatic carbocycles. The van der Waals surface area contributed by atoms with Gasteiger partial charge in [-0.05, 0) is 55.4 Å². The van der Waals surface area contributed by atoms with Crippen molar-refractivity contribution in [1.29, 1.82) is 0 Å². The lowest BCUT2D eigenvalue weighted by Gasteiger charge is -2.20. The maximum absolute atomic E-state index is 12.4. The van der Waals surface area contributed by atoms with Crippen molar-refractivity contribution in [3.63, 3.8) is 0 Å². The van der Waals surface area contributed by atoms with Crippen LogP contribution in [0.5, 0.6) is 0 Å². The Kier molecular flexibility index (Phi) is 5.39. The molecule has 0 saturated heterocycles. The zero-order valence-corrected chi connectivity index (χ0v) is 16.3. The Hall–Kier alpha value is -2.40. The van der Waals surface area contributed by atoms with Crippen LogP contribution in [-0.4, -0.2) is 21.6 Å². The zero-order valence-electron chi connectivity index (χ0n) is 15.4. The third kappa shape index (κ3) is 4.14. The first-order valence-electron chi connectivity index (χ1n) is 9.44.